The summed E-state index contributed by atoms with van der Waals surface area (Å²) in [6.45, 7) is 7.77. The van der Waals surface area contributed by atoms with Crippen molar-refractivity contribution in [3.63, 3.8) is 0 Å². The molecule has 1 atom stereocenters. The van der Waals surface area contributed by atoms with Crippen LogP contribution in [0.2, 0.25) is 0 Å². The molecule has 0 aromatic carbocycles. The number of aliphatic hydroxyl groups excluding tert-OH is 2. The van der Waals surface area contributed by atoms with Gasteiger partial charge in [0.15, 0.2) is 5.78 Å². The summed E-state index contributed by atoms with van der Waals surface area (Å²) in [5, 5.41) is 19.4. The molecule has 4 nitrogen and oxygen atoms in total. The quantitative estimate of drug-likeness (QED) is 0.752. The zero-order valence-corrected chi connectivity index (χ0v) is 12.4. The van der Waals surface area contributed by atoms with Crippen LogP contribution in [0.3, 0.4) is 0 Å². The van der Waals surface area contributed by atoms with Crippen LogP contribution in [-0.4, -0.2) is 34.4 Å². The van der Waals surface area contributed by atoms with Crippen molar-refractivity contribution in [1.82, 2.24) is 0 Å². The first-order valence-electron chi connectivity index (χ1n) is 6.97. The van der Waals surface area contributed by atoms with Gasteiger partial charge in [-0.05, 0) is 18.3 Å². The minimum atomic E-state index is -0.196. The zero-order valence-electron chi connectivity index (χ0n) is 12.4. The Labute approximate surface area is 115 Å². The zero-order chi connectivity index (χ0) is 14.6. The van der Waals surface area contributed by atoms with Gasteiger partial charge in [0.25, 0.3) is 0 Å². The van der Waals surface area contributed by atoms with E-state index in [9.17, 15) is 15.0 Å². The lowest BCUT2D eigenvalue weighted by Crippen LogP contribution is -2.29. The maximum absolute atomic E-state index is 12.2. The molecule has 19 heavy (non-hydrogen) atoms. The van der Waals surface area contributed by atoms with Crippen LogP contribution in [0.15, 0.2) is 16.3 Å². The number of aliphatic imine (C=N–C) groups is 1. The fourth-order valence-electron chi connectivity index (χ4n) is 2.43. The first-order valence-corrected chi connectivity index (χ1v) is 6.97. The molecule has 2 N–H and O–H groups in total. The van der Waals surface area contributed by atoms with Crippen LogP contribution in [0.5, 0.6) is 0 Å². The molecule has 0 saturated carbocycles. The van der Waals surface area contributed by atoms with Gasteiger partial charge in [-0.2, -0.15) is 0 Å². The van der Waals surface area contributed by atoms with Crippen molar-refractivity contribution in [3.05, 3.63) is 11.3 Å². The van der Waals surface area contributed by atoms with Gasteiger partial charge in [0.05, 0.1) is 18.2 Å². The number of allylic oxidation sites excluding steroid dienone is 2. The Morgan fingerprint density at radius 3 is 2.42 bits per heavy atom. The molecule has 0 aromatic rings. The maximum Gasteiger partial charge on any atom is 0.168 e. The van der Waals surface area contributed by atoms with E-state index in [4.69, 9.17) is 0 Å². The van der Waals surface area contributed by atoms with E-state index in [2.05, 4.69) is 4.99 Å². The third-order valence-electron chi connectivity index (χ3n) is 3.50. The van der Waals surface area contributed by atoms with Crippen molar-refractivity contribution in [2.75, 3.05) is 6.61 Å². The molecule has 0 amide bonds. The summed E-state index contributed by atoms with van der Waals surface area (Å²) in [4.78, 5) is 16.6. The van der Waals surface area contributed by atoms with Crippen molar-refractivity contribution < 1.29 is 15.0 Å². The van der Waals surface area contributed by atoms with E-state index in [1.807, 2.05) is 27.7 Å². The number of hydrogen-bond donors (Lipinski definition) is 2. The molecule has 0 saturated heterocycles. The highest BCUT2D eigenvalue weighted by molar-refractivity contribution is 6.23. The van der Waals surface area contributed by atoms with Gasteiger partial charge in [0, 0.05) is 18.6 Å². The predicted molar refractivity (Wildman–Crippen MR) is 76.6 cm³/mol. The average molecular weight is 267 g/mol. The lowest BCUT2D eigenvalue weighted by Gasteiger charge is -2.30. The number of hydrogen-bond acceptors (Lipinski definition) is 4. The van der Waals surface area contributed by atoms with Gasteiger partial charge >= 0.3 is 0 Å². The van der Waals surface area contributed by atoms with Crippen LogP contribution in [0.4, 0.5) is 0 Å². The Morgan fingerprint density at radius 2 is 2.00 bits per heavy atom. The number of rotatable bonds is 5. The van der Waals surface area contributed by atoms with Gasteiger partial charge < -0.3 is 10.2 Å². The van der Waals surface area contributed by atoms with Crippen LogP contribution in [-0.2, 0) is 4.79 Å². The predicted octanol–water partition coefficient (Wildman–Crippen LogP) is 2.81. The summed E-state index contributed by atoms with van der Waals surface area (Å²) in [5.41, 5.74) is 0.817. The Morgan fingerprint density at radius 1 is 1.37 bits per heavy atom. The Hall–Kier alpha value is -1.16. The normalized spacial score (nSPS) is 21.7. The van der Waals surface area contributed by atoms with E-state index in [0.717, 1.165) is 0 Å². The minimum Gasteiger partial charge on any atom is -0.511 e. The third kappa shape index (κ3) is 3.90. The van der Waals surface area contributed by atoms with Crippen LogP contribution < -0.4 is 0 Å². The highest BCUT2D eigenvalue weighted by Gasteiger charge is 2.34. The molecule has 0 bridgehead atoms. The van der Waals surface area contributed by atoms with Gasteiger partial charge in [-0.3, -0.25) is 9.79 Å². The Balaban J connectivity index is 3.14. The van der Waals surface area contributed by atoms with E-state index in [0.29, 0.717) is 37.0 Å². The van der Waals surface area contributed by atoms with Gasteiger partial charge in [0.2, 0.25) is 0 Å². The Kier molecular flexibility index (Phi) is 5.29. The van der Waals surface area contributed by atoms with Crippen molar-refractivity contribution in [2.45, 2.75) is 59.4 Å². The highest BCUT2D eigenvalue weighted by atomic mass is 16.3. The molecule has 1 aliphatic rings. The second kappa shape index (κ2) is 6.33. The van der Waals surface area contributed by atoms with E-state index in [1.165, 1.54) is 0 Å². The highest BCUT2D eigenvalue weighted by Crippen LogP contribution is 2.36. The molecular weight excluding hydrogens is 242 g/mol. The lowest BCUT2D eigenvalue weighted by atomic mass is 9.75. The van der Waals surface area contributed by atoms with E-state index >= 15 is 0 Å². The minimum absolute atomic E-state index is 0.0340. The van der Waals surface area contributed by atoms with E-state index in [1.54, 1.807) is 0 Å². The van der Waals surface area contributed by atoms with Gasteiger partial charge in [-0.25, -0.2) is 0 Å². The van der Waals surface area contributed by atoms with Crippen molar-refractivity contribution in [3.8, 4) is 0 Å². The number of carbonyl (C=O) groups excluding carboxylic acids is 1. The summed E-state index contributed by atoms with van der Waals surface area (Å²) in [6, 6.07) is -0.196. The fourth-order valence-corrected chi connectivity index (χ4v) is 2.43. The third-order valence-corrected chi connectivity index (χ3v) is 3.50. The van der Waals surface area contributed by atoms with Gasteiger partial charge in [0.1, 0.15) is 5.76 Å². The monoisotopic (exact) mass is 267 g/mol. The summed E-state index contributed by atoms with van der Waals surface area (Å²) in [5.74, 6) is 0.108. The fraction of sp³-hybridized carbons (Fsp3) is 0.733. The molecule has 0 fully saturated rings. The largest absolute Gasteiger partial charge is 0.511 e. The number of carbonyl (C=O) groups is 1. The lowest BCUT2D eigenvalue weighted by molar-refractivity contribution is -0.117. The van der Waals surface area contributed by atoms with Crippen molar-refractivity contribution >= 4 is 11.5 Å². The molecule has 0 unspecified atom stereocenters. The molecule has 0 spiro atoms. The molecule has 1 aliphatic carbocycles. The second-order valence-corrected chi connectivity index (χ2v) is 5.94. The summed E-state index contributed by atoms with van der Waals surface area (Å²) in [6.07, 6.45) is 2.24. The smallest absolute Gasteiger partial charge is 0.168 e. The molecule has 1 rings (SSSR count). The molecule has 0 aliphatic heterocycles. The van der Waals surface area contributed by atoms with E-state index in [-0.39, 0.29) is 29.6 Å². The summed E-state index contributed by atoms with van der Waals surface area (Å²) >= 11 is 0. The van der Waals surface area contributed by atoms with Crippen LogP contribution in [0.25, 0.3) is 0 Å². The molecular formula is C15H25NO3. The topological polar surface area (TPSA) is 69.9 Å². The molecule has 0 aromatic heterocycles. The number of nitrogens with zero attached hydrogens (tertiary/aromatic N) is 1. The number of aliphatic hydroxyl groups is 2. The SMILES string of the molecule is CCC(=N[C@H](CC)CO)C1=C(O)CC(C)(C)CC1=O. The van der Waals surface area contributed by atoms with Gasteiger partial charge in [-0.15, -0.1) is 0 Å². The molecule has 108 valence electrons. The maximum atomic E-state index is 12.2. The molecule has 0 heterocycles. The molecule has 0 radical (unpaired) electrons. The average Bonchev–Trinajstić information content (AvgIpc) is 2.31. The van der Waals surface area contributed by atoms with Crippen LogP contribution in [0.1, 0.15) is 53.4 Å². The molecule has 4 heteroatoms. The second-order valence-electron chi connectivity index (χ2n) is 5.94. The summed E-state index contributed by atoms with van der Waals surface area (Å²) in [7, 11) is 0. The Bertz CT molecular complexity index is 404. The van der Waals surface area contributed by atoms with E-state index < -0.39 is 0 Å². The van der Waals surface area contributed by atoms with Gasteiger partial charge in [-0.1, -0.05) is 27.7 Å². The summed E-state index contributed by atoms with van der Waals surface area (Å²) < 4.78 is 0. The van der Waals surface area contributed by atoms with Crippen LogP contribution >= 0.6 is 0 Å². The first kappa shape index (κ1) is 15.9. The van der Waals surface area contributed by atoms with Crippen molar-refractivity contribution in [1.29, 1.82) is 0 Å². The van der Waals surface area contributed by atoms with Crippen molar-refractivity contribution in [2.24, 2.45) is 10.4 Å². The standard InChI is InChI=1S/C15H25NO3/c1-5-10(9-17)16-11(6-2)14-12(18)7-15(3,4)8-13(14)19/h10,17-18H,5-9H2,1-4H3/t10-/m1/s1. The van der Waals surface area contributed by atoms with Crippen LogP contribution in [0, 0.1) is 5.41 Å². The number of ketones is 1. The number of Topliss-reactive ketones (excluding diaryl/α,β-unsaturated/α-hetero) is 1. The first-order chi connectivity index (χ1) is 8.84.